The van der Waals surface area contributed by atoms with Crippen LogP contribution in [0.4, 0.5) is 0 Å². The van der Waals surface area contributed by atoms with Crippen LogP contribution in [0.1, 0.15) is 15.9 Å². The third-order valence-corrected chi connectivity index (χ3v) is 4.50. The Bertz CT molecular complexity index is 936. The molecule has 0 saturated heterocycles. The Morgan fingerprint density at radius 1 is 0.893 bits per heavy atom. The third kappa shape index (κ3) is 4.11. The van der Waals surface area contributed by atoms with E-state index >= 15 is 0 Å². The average Bonchev–Trinajstić information content (AvgIpc) is 3.27. The van der Waals surface area contributed by atoms with Crippen LogP contribution in [-0.4, -0.2) is 38.3 Å². The molecule has 0 bridgehead atoms. The first-order chi connectivity index (χ1) is 13.7. The largest absolute Gasteiger partial charge is 0.496 e. The van der Waals surface area contributed by atoms with Crippen molar-refractivity contribution < 1.29 is 19.0 Å². The molecule has 0 radical (unpaired) electrons. The lowest BCUT2D eigenvalue weighted by Crippen LogP contribution is -2.27. The SMILES string of the molecule is COc1ccccc1CCNC(=O)c1cc(OC)c(OC)cc1-n1cccc1. The molecule has 0 saturated carbocycles. The van der Waals surface area contributed by atoms with Gasteiger partial charge < -0.3 is 24.1 Å². The summed E-state index contributed by atoms with van der Waals surface area (Å²) in [6.45, 7) is 0.485. The molecule has 1 heterocycles. The van der Waals surface area contributed by atoms with Gasteiger partial charge in [-0.15, -0.1) is 0 Å². The van der Waals surface area contributed by atoms with E-state index in [1.807, 2.05) is 53.4 Å². The number of para-hydroxylation sites is 1. The van der Waals surface area contributed by atoms with Gasteiger partial charge in [-0.3, -0.25) is 4.79 Å². The van der Waals surface area contributed by atoms with Crippen molar-refractivity contribution >= 4 is 5.91 Å². The second-order valence-corrected chi connectivity index (χ2v) is 6.13. The number of carbonyl (C=O) groups excluding carboxylic acids is 1. The number of ether oxygens (including phenoxy) is 3. The van der Waals surface area contributed by atoms with Gasteiger partial charge in [0.05, 0.1) is 32.6 Å². The number of methoxy groups -OCH3 is 3. The lowest BCUT2D eigenvalue weighted by molar-refractivity contribution is 0.0953. The summed E-state index contributed by atoms with van der Waals surface area (Å²) in [6, 6.07) is 15.1. The Balaban J connectivity index is 1.82. The van der Waals surface area contributed by atoms with Crippen LogP contribution in [0.25, 0.3) is 5.69 Å². The quantitative estimate of drug-likeness (QED) is 0.650. The average molecular weight is 380 g/mol. The number of nitrogens with one attached hydrogen (secondary N) is 1. The van der Waals surface area contributed by atoms with E-state index in [1.165, 1.54) is 0 Å². The zero-order valence-electron chi connectivity index (χ0n) is 16.3. The van der Waals surface area contributed by atoms with Crippen LogP contribution in [0.15, 0.2) is 60.9 Å². The summed E-state index contributed by atoms with van der Waals surface area (Å²) >= 11 is 0. The number of amides is 1. The first kappa shape index (κ1) is 19.4. The molecule has 1 amide bonds. The van der Waals surface area contributed by atoms with Crippen LogP contribution < -0.4 is 19.5 Å². The van der Waals surface area contributed by atoms with E-state index in [1.54, 1.807) is 33.5 Å². The van der Waals surface area contributed by atoms with Gasteiger partial charge in [0, 0.05) is 25.0 Å². The normalized spacial score (nSPS) is 10.4. The molecular weight excluding hydrogens is 356 g/mol. The molecule has 0 aliphatic heterocycles. The summed E-state index contributed by atoms with van der Waals surface area (Å²) in [7, 11) is 4.77. The standard InChI is InChI=1S/C22H24N2O4/c1-26-19-9-5-4-8-16(19)10-11-23-22(25)17-14-20(27-2)21(28-3)15-18(17)24-12-6-7-13-24/h4-9,12-15H,10-11H2,1-3H3,(H,23,25). The molecule has 1 aromatic heterocycles. The van der Waals surface area contributed by atoms with Crippen molar-refractivity contribution in [2.75, 3.05) is 27.9 Å². The van der Waals surface area contributed by atoms with E-state index in [-0.39, 0.29) is 5.91 Å². The molecule has 3 rings (SSSR count). The first-order valence-corrected chi connectivity index (χ1v) is 8.97. The number of aromatic nitrogens is 1. The molecular formula is C22H24N2O4. The highest BCUT2D eigenvalue weighted by atomic mass is 16.5. The van der Waals surface area contributed by atoms with Crippen molar-refractivity contribution in [3.63, 3.8) is 0 Å². The van der Waals surface area contributed by atoms with E-state index < -0.39 is 0 Å². The summed E-state index contributed by atoms with van der Waals surface area (Å²) in [5.74, 6) is 1.71. The van der Waals surface area contributed by atoms with Crippen LogP contribution in [0.5, 0.6) is 17.2 Å². The minimum Gasteiger partial charge on any atom is -0.496 e. The van der Waals surface area contributed by atoms with E-state index in [4.69, 9.17) is 14.2 Å². The highest BCUT2D eigenvalue weighted by molar-refractivity contribution is 5.98. The van der Waals surface area contributed by atoms with Gasteiger partial charge in [-0.25, -0.2) is 0 Å². The van der Waals surface area contributed by atoms with Crippen molar-refractivity contribution in [1.29, 1.82) is 0 Å². The Kier molecular flexibility index (Phi) is 6.22. The van der Waals surface area contributed by atoms with E-state index in [2.05, 4.69) is 5.32 Å². The molecule has 3 aromatic rings. The molecule has 146 valence electrons. The Hall–Kier alpha value is -3.41. The maximum Gasteiger partial charge on any atom is 0.253 e. The molecule has 0 aliphatic rings. The van der Waals surface area contributed by atoms with Gasteiger partial charge in [0.15, 0.2) is 11.5 Å². The number of nitrogens with zero attached hydrogens (tertiary/aromatic N) is 1. The fraction of sp³-hybridized carbons (Fsp3) is 0.227. The number of hydrogen-bond donors (Lipinski definition) is 1. The van der Waals surface area contributed by atoms with Crippen molar-refractivity contribution in [2.45, 2.75) is 6.42 Å². The van der Waals surface area contributed by atoms with Crippen LogP contribution in [0, 0.1) is 0 Å². The summed E-state index contributed by atoms with van der Waals surface area (Å²) < 4.78 is 18.0. The second kappa shape index (κ2) is 8.99. The topological polar surface area (TPSA) is 61.7 Å². The lowest BCUT2D eigenvalue weighted by atomic mass is 10.1. The highest BCUT2D eigenvalue weighted by Gasteiger charge is 2.18. The van der Waals surface area contributed by atoms with Crippen LogP contribution >= 0.6 is 0 Å². The lowest BCUT2D eigenvalue weighted by Gasteiger charge is -2.16. The fourth-order valence-corrected chi connectivity index (χ4v) is 3.07. The molecule has 6 nitrogen and oxygen atoms in total. The van der Waals surface area contributed by atoms with Crippen molar-refractivity contribution in [1.82, 2.24) is 9.88 Å². The van der Waals surface area contributed by atoms with Crippen molar-refractivity contribution in [2.24, 2.45) is 0 Å². The number of hydrogen-bond acceptors (Lipinski definition) is 4. The van der Waals surface area contributed by atoms with E-state index in [0.29, 0.717) is 30.0 Å². The second-order valence-electron chi connectivity index (χ2n) is 6.13. The van der Waals surface area contributed by atoms with Gasteiger partial charge in [0.2, 0.25) is 0 Å². The van der Waals surface area contributed by atoms with Crippen LogP contribution in [0.3, 0.4) is 0 Å². The molecule has 6 heteroatoms. The summed E-state index contributed by atoms with van der Waals surface area (Å²) in [5, 5.41) is 2.99. The Morgan fingerprint density at radius 2 is 1.54 bits per heavy atom. The summed E-state index contributed by atoms with van der Waals surface area (Å²) in [5.41, 5.74) is 2.27. The van der Waals surface area contributed by atoms with E-state index in [9.17, 15) is 4.79 Å². The predicted molar refractivity (Wildman–Crippen MR) is 108 cm³/mol. The molecule has 0 unspecified atom stereocenters. The molecule has 0 aliphatic carbocycles. The van der Waals surface area contributed by atoms with Gasteiger partial charge in [-0.05, 0) is 36.2 Å². The van der Waals surface area contributed by atoms with Crippen molar-refractivity contribution in [3.05, 3.63) is 72.1 Å². The number of rotatable bonds is 8. The molecule has 2 aromatic carbocycles. The van der Waals surface area contributed by atoms with Gasteiger partial charge in [0.25, 0.3) is 5.91 Å². The smallest absolute Gasteiger partial charge is 0.253 e. The van der Waals surface area contributed by atoms with Crippen LogP contribution in [0.2, 0.25) is 0 Å². The number of carbonyl (C=O) groups is 1. The maximum absolute atomic E-state index is 12.9. The van der Waals surface area contributed by atoms with Gasteiger partial charge >= 0.3 is 0 Å². The van der Waals surface area contributed by atoms with Gasteiger partial charge in [-0.2, -0.15) is 0 Å². The fourth-order valence-electron chi connectivity index (χ4n) is 3.07. The predicted octanol–water partition coefficient (Wildman–Crippen LogP) is 3.48. The Morgan fingerprint density at radius 3 is 2.21 bits per heavy atom. The highest BCUT2D eigenvalue weighted by Crippen LogP contribution is 2.32. The molecule has 0 spiro atoms. The summed E-state index contributed by atoms with van der Waals surface area (Å²) in [6.07, 6.45) is 4.43. The third-order valence-electron chi connectivity index (χ3n) is 4.50. The molecule has 1 N–H and O–H groups in total. The van der Waals surface area contributed by atoms with Gasteiger partial charge in [0.1, 0.15) is 5.75 Å². The Labute approximate surface area is 164 Å². The minimum absolute atomic E-state index is 0.181. The molecule has 0 atom stereocenters. The maximum atomic E-state index is 12.9. The number of benzene rings is 2. The van der Waals surface area contributed by atoms with Crippen molar-refractivity contribution in [3.8, 4) is 22.9 Å². The van der Waals surface area contributed by atoms with E-state index in [0.717, 1.165) is 17.0 Å². The monoisotopic (exact) mass is 380 g/mol. The van der Waals surface area contributed by atoms with Crippen LogP contribution in [-0.2, 0) is 6.42 Å². The zero-order chi connectivity index (χ0) is 19.9. The molecule has 28 heavy (non-hydrogen) atoms. The minimum atomic E-state index is -0.181. The van der Waals surface area contributed by atoms with Gasteiger partial charge in [-0.1, -0.05) is 18.2 Å². The summed E-state index contributed by atoms with van der Waals surface area (Å²) in [4.78, 5) is 12.9. The molecule has 0 fully saturated rings. The zero-order valence-corrected chi connectivity index (χ0v) is 16.3. The first-order valence-electron chi connectivity index (χ1n) is 8.97.